The van der Waals surface area contributed by atoms with E-state index in [2.05, 4.69) is 75.8 Å². The van der Waals surface area contributed by atoms with Crippen LogP contribution in [0.5, 0.6) is 0 Å². The number of nitrogens with one attached hydrogen (secondary N) is 2. The zero-order valence-corrected chi connectivity index (χ0v) is 32.1. The van der Waals surface area contributed by atoms with Gasteiger partial charge in [0.05, 0.1) is 6.10 Å². The number of aliphatic hydroxyl groups excluding tert-OH is 1. The highest BCUT2D eigenvalue weighted by Crippen LogP contribution is 2.23. The molecule has 0 aromatic carbocycles. The highest BCUT2D eigenvalue weighted by molar-refractivity contribution is 5.77. The van der Waals surface area contributed by atoms with Crippen LogP contribution >= 0.6 is 0 Å². The van der Waals surface area contributed by atoms with E-state index >= 15 is 0 Å². The van der Waals surface area contributed by atoms with Crippen LogP contribution in [-0.4, -0.2) is 88.8 Å². The first kappa shape index (κ1) is 47.1. The van der Waals surface area contributed by atoms with Gasteiger partial charge in [0, 0.05) is 70.2 Å². The summed E-state index contributed by atoms with van der Waals surface area (Å²) in [7, 11) is 1.43. The predicted octanol–water partition coefficient (Wildman–Crippen LogP) is 5.71. The van der Waals surface area contributed by atoms with E-state index in [9.17, 15) is 14.7 Å². The van der Waals surface area contributed by atoms with Gasteiger partial charge in [-0.1, -0.05) is 65.8 Å². The number of carbonyl (C=O) groups is 2. The summed E-state index contributed by atoms with van der Waals surface area (Å²) in [6, 6.07) is 4.07. The average Bonchev–Trinajstić information content (AvgIpc) is 3.48. The number of β-amino-alcohol motifs (C(OH)–C–C–N with tert-alkyl or cyclic N) is 1. The highest BCUT2D eigenvalue weighted by Gasteiger charge is 2.24. The second-order valence-corrected chi connectivity index (χ2v) is 13.5. The van der Waals surface area contributed by atoms with Gasteiger partial charge < -0.3 is 21.4 Å². The number of primary amides is 1. The molecule has 2 fully saturated rings. The van der Waals surface area contributed by atoms with Gasteiger partial charge in [0.15, 0.2) is 0 Å². The van der Waals surface area contributed by atoms with Gasteiger partial charge in [-0.3, -0.25) is 24.4 Å². The largest absolute Gasteiger partial charge is 0.392 e. The number of hydroxylamine groups is 1. The van der Waals surface area contributed by atoms with Crippen molar-refractivity contribution in [3.63, 3.8) is 0 Å². The Hall–Kier alpha value is -3.85. The first-order valence-corrected chi connectivity index (χ1v) is 18.0. The van der Waals surface area contributed by atoms with Gasteiger partial charge in [0.25, 0.3) is 0 Å². The molecular formula is C41H66N6O4. The zero-order chi connectivity index (χ0) is 38.3. The van der Waals surface area contributed by atoms with E-state index in [-0.39, 0.29) is 17.4 Å². The maximum Gasteiger partial charge on any atom is 0.220 e. The molecule has 2 atom stereocenters. The first-order chi connectivity index (χ1) is 24.4. The van der Waals surface area contributed by atoms with Gasteiger partial charge in [0.2, 0.25) is 12.3 Å². The molecule has 1 saturated heterocycles. The van der Waals surface area contributed by atoms with E-state index in [0.717, 1.165) is 44.7 Å². The van der Waals surface area contributed by atoms with Crippen molar-refractivity contribution in [1.82, 2.24) is 25.6 Å². The molecule has 1 aliphatic heterocycles. The van der Waals surface area contributed by atoms with Gasteiger partial charge in [-0.15, -0.1) is 12.3 Å². The van der Waals surface area contributed by atoms with Crippen molar-refractivity contribution in [2.75, 3.05) is 39.8 Å². The van der Waals surface area contributed by atoms with Crippen LogP contribution in [0.3, 0.4) is 0 Å². The summed E-state index contributed by atoms with van der Waals surface area (Å²) >= 11 is 0. The van der Waals surface area contributed by atoms with E-state index in [0.29, 0.717) is 25.8 Å². The molecular weight excluding hydrogens is 640 g/mol. The Morgan fingerprint density at radius 1 is 1.16 bits per heavy atom. The number of nitrogens with two attached hydrogens (primary N) is 1. The third-order valence-corrected chi connectivity index (χ3v) is 7.84. The monoisotopic (exact) mass is 707 g/mol. The first-order valence-electron chi connectivity index (χ1n) is 18.0. The fourth-order valence-electron chi connectivity index (χ4n) is 5.35. The Morgan fingerprint density at radius 3 is 2.29 bits per heavy atom. The molecule has 0 radical (unpaired) electrons. The molecule has 2 heterocycles. The molecule has 1 aromatic rings. The zero-order valence-electron chi connectivity index (χ0n) is 32.1. The summed E-state index contributed by atoms with van der Waals surface area (Å²) in [5, 5.41) is 20.5. The molecule has 51 heavy (non-hydrogen) atoms. The lowest BCUT2D eigenvalue weighted by Gasteiger charge is -2.36. The molecule has 4 rings (SSSR count). The number of piperazine rings is 1. The normalized spacial score (nSPS) is 16.8. The molecule has 1 saturated carbocycles. The SMILES string of the molecule is C#CC.C/C=C\C=C1CCCC1.CC(C)(C)NC=O.CNO.NC(=O)C(CC1=CCC=CC=C1)CC(O)CN1CCN(Cc2cccnc2)CC1. The molecule has 1 aromatic heterocycles. The topological polar surface area (TPSA) is 144 Å². The number of carbonyl (C=O) groups excluding carboxylic acids is 2. The van der Waals surface area contributed by atoms with Gasteiger partial charge in [-0.25, -0.2) is 5.48 Å². The quantitative estimate of drug-likeness (QED) is 0.112. The maximum atomic E-state index is 11.9. The van der Waals surface area contributed by atoms with Crippen LogP contribution in [0.1, 0.15) is 85.1 Å². The number of aliphatic hydroxyl groups is 1. The van der Waals surface area contributed by atoms with E-state index < -0.39 is 6.10 Å². The summed E-state index contributed by atoms with van der Waals surface area (Å²) in [6.07, 6.45) is 32.5. The number of amides is 2. The lowest BCUT2D eigenvalue weighted by Crippen LogP contribution is -2.48. The Kier molecular flexibility index (Phi) is 27.6. The summed E-state index contributed by atoms with van der Waals surface area (Å²) in [6.45, 7) is 14.8. The third kappa shape index (κ3) is 26.6. The number of aromatic nitrogens is 1. The standard InChI is InChI=1S/C23H32N4O2.C9H14.C5H11NO.C3H4.CH5NO/c24-23(29)21(14-19-6-3-1-2-4-7-19)15-22(28)18-27-12-10-26(11-13-27)17-20-8-5-9-25-16-20;1-2-3-6-9-7-4-5-8-9;1-5(2,3)6-4-7;1-3-2;1-2-3/h1-3,5-9,16,21-22,28H,4,10-15,17-18H2,(H2,24,29);2-3,6H,4-5,7-8H2,1H3;4H,1-3H3,(H,6,7);1H,2H3;2-3H,1H3/b;3-2-;;;. The van der Waals surface area contributed by atoms with Crippen molar-refractivity contribution < 1.29 is 19.9 Å². The van der Waals surface area contributed by atoms with Crippen molar-refractivity contribution >= 4 is 12.3 Å². The van der Waals surface area contributed by atoms with Gasteiger partial charge in [-0.2, -0.15) is 0 Å². The Labute approximate surface area is 308 Å². The number of hydrogen-bond donors (Lipinski definition) is 5. The van der Waals surface area contributed by atoms with E-state index in [4.69, 9.17) is 10.9 Å². The number of hydrogen-bond acceptors (Lipinski definition) is 8. The minimum absolute atomic E-state index is 0.0677. The molecule has 0 bridgehead atoms. The Morgan fingerprint density at radius 2 is 1.78 bits per heavy atom. The lowest BCUT2D eigenvalue weighted by molar-refractivity contribution is -0.122. The molecule has 2 aliphatic carbocycles. The summed E-state index contributed by atoms with van der Waals surface area (Å²) in [5.74, 6) is 1.57. The number of nitrogens with zero attached hydrogens (tertiary/aromatic N) is 3. The Bertz CT molecular complexity index is 1240. The molecule has 2 unspecified atom stereocenters. The number of rotatable bonds is 11. The van der Waals surface area contributed by atoms with Crippen LogP contribution in [0.15, 0.2) is 84.3 Å². The van der Waals surface area contributed by atoms with Crippen molar-refractivity contribution in [1.29, 1.82) is 0 Å². The van der Waals surface area contributed by atoms with Crippen molar-refractivity contribution in [3.05, 3.63) is 89.8 Å². The molecule has 6 N–H and O–H groups in total. The molecule has 2 amide bonds. The predicted molar refractivity (Wildman–Crippen MR) is 211 cm³/mol. The van der Waals surface area contributed by atoms with Gasteiger partial charge >= 0.3 is 0 Å². The van der Waals surface area contributed by atoms with Crippen LogP contribution < -0.4 is 16.5 Å². The van der Waals surface area contributed by atoms with E-state index in [1.54, 1.807) is 24.2 Å². The van der Waals surface area contributed by atoms with Gasteiger partial charge in [-0.05, 0) is 91.2 Å². The second-order valence-electron chi connectivity index (χ2n) is 13.5. The van der Waals surface area contributed by atoms with Crippen LogP contribution in [0, 0.1) is 18.3 Å². The lowest BCUT2D eigenvalue weighted by atomic mass is 9.92. The number of terminal acetylenes is 1. The van der Waals surface area contributed by atoms with Crippen molar-refractivity contribution in [2.24, 2.45) is 11.7 Å². The number of allylic oxidation sites excluding steroid dienone is 10. The van der Waals surface area contributed by atoms with Gasteiger partial charge in [0.1, 0.15) is 0 Å². The fourth-order valence-corrected chi connectivity index (χ4v) is 5.35. The summed E-state index contributed by atoms with van der Waals surface area (Å²) in [5.41, 5.74) is 11.3. The van der Waals surface area contributed by atoms with Crippen LogP contribution in [0.2, 0.25) is 0 Å². The minimum atomic E-state index is -0.550. The minimum Gasteiger partial charge on any atom is -0.392 e. The second kappa shape index (κ2) is 29.8. The maximum absolute atomic E-state index is 11.9. The Balaban J connectivity index is 0.000000922. The number of pyridine rings is 1. The molecule has 0 spiro atoms. The van der Waals surface area contributed by atoms with Crippen molar-refractivity contribution in [3.8, 4) is 12.3 Å². The van der Waals surface area contributed by atoms with Crippen LogP contribution in [-0.2, 0) is 16.1 Å². The van der Waals surface area contributed by atoms with E-state index in [1.807, 2.05) is 51.3 Å². The molecule has 284 valence electrons. The third-order valence-electron chi connectivity index (χ3n) is 7.84. The highest BCUT2D eigenvalue weighted by atomic mass is 16.5. The smallest absolute Gasteiger partial charge is 0.220 e. The molecule has 3 aliphatic rings. The fraction of sp³-hybridized carbons (Fsp3) is 0.537. The average molecular weight is 707 g/mol. The van der Waals surface area contributed by atoms with E-state index in [1.165, 1.54) is 38.3 Å². The summed E-state index contributed by atoms with van der Waals surface area (Å²) in [4.78, 5) is 30.5. The molecule has 10 nitrogen and oxygen atoms in total. The van der Waals surface area contributed by atoms with Crippen molar-refractivity contribution in [2.45, 2.75) is 97.8 Å². The van der Waals surface area contributed by atoms with Crippen LogP contribution in [0.25, 0.3) is 0 Å². The molecule has 10 heteroatoms. The summed E-state index contributed by atoms with van der Waals surface area (Å²) < 4.78 is 0. The van der Waals surface area contributed by atoms with Crippen LogP contribution in [0.4, 0.5) is 0 Å².